The molecular weight excluding hydrogens is 302 g/mol. The Morgan fingerprint density at radius 3 is 2.10 bits per heavy atom. The van der Waals surface area contributed by atoms with Crippen LogP contribution in [0.4, 0.5) is 26.3 Å². The molecule has 0 saturated heterocycles. The van der Waals surface area contributed by atoms with Crippen molar-refractivity contribution >= 4 is 0 Å². The van der Waals surface area contributed by atoms with E-state index in [9.17, 15) is 26.3 Å². The van der Waals surface area contributed by atoms with E-state index in [1.807, 2.05) is 6.92 Å². The van der Waals surface area contributed by atoms with Crippen molar-refractivity contribution < 1.29 is 31.1 Å². The summed E-state index contributed by atoms with van der Waals surface area (Å²) < 4.78 is 77.9. The number of nitrogens with zero attached hydrogens (tertiary/aromatic N) is 1. The third-order valence-electron chi connectivity index (χ3n) is 2.60. The number of pyridine rings is 1. The Labute approximate surface area is 117 Å². The Kier molecular flexibility index (Phi) is 5.43. The van der Waals surface area contributed by atoms with E-state index in [-0.39, 0.29) is 6.04 Å². The third kappa shape index (κ3) is 5.07. The number of hydrogen-bond acceptors (Lipinski definition) is 3. The van der Waals surface area contributed by atoms with Gasteiger partial charge in [0.15, 0.2) is 0 Å². The van der Waals surface area contributed by atoms with Crippen LogP contribution in [0.2, 0.25) is 0 Å². The summed E-state index contributed by atoms with van der Waals surface area (Å²) in [6.07, 6.45) is -13.8. The highest BCUT2D eigenvalue weighted by Gasteiger charge is 2.59. The lowest BCUT2D eigenvalue weighted by atomic mass is 10.1. The molecule has 9 heteroatoms. The maximum Gasteiger partial charge on any atom is 0.434 e. The average Bonchev–Trinajstić information content (AvgIpc) is 2.34. The van der Waals surface area contributed by atoms with Gasteiger partial charge in [0.05, 0.1) is 0 Å². The molecule has 1 atom stereocenters. The fraction of sp³-hybridized carbons (Fsp3) is 0.583. The van der Waals surface area contributed by atoms with Gasteiger partial charge in [0.2, 0.25) is 5.88 Å². The van der Waals surface area contributed by atoms with Crippen molar-refractivity contribution in [3.8, 4) is 5.88 Å². The fourth-order valence-electron chi connectivity index (χ4n) is 1.58. The van der Waals surface area contributed by atoms with Gasteiger partial charge in [-0.1, -0.05) is 13.0 Å². The molecule has 0 aliphatic heterocycles. The molecule has 1 rings (SSSR count). The van der Waals surface area contributed by atoms with Gasteiger partial charge in [-0.3, -0.25) is 0 Å². The molecule has 1 heterocycles. The van der Waals surface area contributed by atoms with E-state index in [1.165, 1.54) is 12.3 Å². The highest BCUT2D eigenvalue weighted by atomic mass is 19.4. The Bertz CT molecular complexity index is 429. The summed E-state index contributed by atoms with van der Waals surface area (Å²) in [6, 6.07) is 2.21. The molecule has 0 bridgehead atoms. The Morgan fingerprint density at radius 2 is 1.71 bits per heavy atom. The second kappa shape index (κ2) is 6.50. The van der Waals surface area contributed by atoms with Gasteiger partial charge in [-0.15, -0.1) is 0 Å². The second-order valence-electron chi connectivity index (χ2n) is 4.29. The summed E-state index contributed by atoms with van der Waals surface area (Å²) in [5.41, 5.74) is 0.625. The highest BCUT2D eigenvalue weighted by Crippen LogP contribution is 2.36. The van der Waals surface area contributed by atoms with Crippen LogP contribution in [0.15, 0.2) is 18.3 Å². The standard InChI is InChI=1S/C12H14F6N2O/c1-3-19-7(2)8-4-5-9(20-6-8)21-10(11(13,14)15)12(16,17)18/h4-7,10,19H,3H2,1-2H3. The first-order valence-electron chi connectivity index (χ1n) is 6.05. The first kappa shape index (κ1) is 17.5. The lowest BCUT2D eigenvalue weighted by Gasteiger charge is -2.23. The smallest absolute Gasteiger partial charge is 0.434 e. The molecule has 3 nitrogen and oxygen atoms in total. The van der Waals surface area contributed by atoms with E-state index in [4.69, 9.17) is 0 Å². The average molecular weight is 316 g/mol. The van der Waals surface area contributed by atoms with Crippen molar-refractivity contribution in [2.24, 2.45) is 0 Å². The van der Waals surface area contributed by atoms with Crippen molar-refractivity contribution in [1.29, 1.82) is 0 Å². The molecule has 1 unspecified atom stereocenters. The van der Waals surface area contributed by atoms with Crippen LogP contribution >= 0.6 is 0 Å². The van der Waals surface area contributed by atoms with Crippen molar-refractivity contribution in [3.05, 3.63) is 23.9 Å². The van der Waals surface area contributed by atoms with E-state index >= 15 is 0 Å². The first-order chi connectivity index (χ1) is 9.55. The summed E-state index contributed by atoms with van der Waals surface area (Å²) in [5.74, 6) is -0.734. The normalized spacial score (nSPS) is 14.3. The number of nitrogens with one attached hydrogen (secondary N) is 1. The van der Waals surface area contributed by atoms with Crippen LogP contribution in [0.3, 0.4) is 0 Å². The Morgan fingerprint density at radius 1 is 1.14 bits per heavy atom. The van der Waals surface area contributed by atoms with Gasteiger partial charge in [0, 0.05) is 18.3 Å². The zero-order chi connectivity index (χ0) is 16.3. The predicted octanol–water partition coefficient (Wildman–Crippen LogP) is 3.62. The van der Waals surface area contributed by atoms with Gasteiger partial charge in [0.25, 0.3) is 6.10 Å². The number of ether oxygens (including phenoxy) is 1. The molecule has 0 aliphatic carbocycles. The number of halogens is 6. The molecule has 0 aromatic carbocycles. The van der Waals surface area contributed by atoms with Gasteiger partial charge in [-0.05, 0) is 19.0 Å². The second-order valence-corrected chi connectivity index (χ2v) is 4.29. The van der Waals surface area contributed by atoms with Gasteiger partial charge in [0.1, 0.15) is 0 Å². The lowest BCUT2D eigenvalue weighted by molar-refractivity contribution is -0.300. The molecule has 0 fully saturated rings. The molecule has 0 spiro atoms. The summed E-state index contributed by atoms with van der Waals surface area (Å²) >= 11 is 0. The molecule has 0 aliphatic rings. The van der Waals surface area contributed by atoms with Crippen LogP contribution in [0.25, 0.3) is 0 Å². The summed E-state index contributed by atoms with van der Waals surface area (Å²) in [4.78, 5) is 3.49. The molecule has 0 radical (unpaired) electrons. The SMILES string of the molecule is CCNC(C)c1ccc(OC(C(F)(F)F)C(F)(F)F)nc1. The van der Waals surface area contributed by atoms with Crippen LogP contribution in [0.1, 0.15) is 25.5 Å². The molecular formula is C12H14F6N2O. The molecule has 1 aromatic rings. The zero-order valence-electron chi connectivity index (χ0n) is 11.2. The maximum atomic E-state index is 12.3. The monoisotopic (exact) mass is 316 g/mol. The van der Waals surface area contributed by atoms with Crippen LogP contribution in [0, 0.1) is 0 Å². The molecule has 21 heavy (non-hydrogen) atoms. The fourth-order valence-corrected chi connectivity index (χ4v) is 1.58. The van der Waals surface area contributed by atoms with Crippen molar-refractivity contribution in [2.75, 3.05) is 6.54 Å². The molecule has 120 valence electrons. The van der Waals surface area contributed by atoms with Crippen LogP contribution in [0.5, 0.6) is 5.88 Å². The molecule has 1 N–H and O–H groups in total. The van der Waals surface area contributed by atoms with Crippen LogP contribution < -0.4 is 10.1 Å². The predicted molar refractivity (Wildman–Crippen MR) is 62.9 cm³/mol. The van der Waals surface area contributed by atoms with Crippen molar-refractivity contribution in [3.63, 3.8) is 0 Å². The molecule has 1 aromatic heterocycles. The van der Waals surface area contributed by atoms with E-state index < -0.39 is 24.3 Å². The van der Waals surface area contributed by atoms with E-state index in [2.05, 4.69) is 15.0 Å². The van der Waals surface area contributed by atoms with Gasteiger partial charge >= 0.3 is 12.4 Å². The minimum absolute atomic E-state index is 0.127. The van der Waals surface area contributed by atoms with Gasteiger partial charge < -0.3 is 10.1 Å². The number of hydrogen-bond donors (Lipinski definition) is 1. The van der Waals surface area contributed by atoms with Crippen LogP contribution in [-0.4, -0.2) is 30.0 Å². The molecule has 0 amide bonds. The van der Waals surface area contributed by atoms with E-state index in [0.29, 0.717) is 12.1 Å². The minimum atomic E-state index is -5.56. The quantitative estimate of drug-likeness (QED) is 0.843. The Hall–Kier alpha value is -1.51. The Balaban J connectivity index is 2.87. The first-order valence-corrected chi connectivity index (χ1v) is 6.05. The topological polar surface area (TPSA) is 34.1 Å². The lowest BCUT2D eigenvalue weighted by Crippen LogP contribution is -2.46. The van der Waals surface area contributed by atoms with Crippen LogP contribution in [-0.2, 0) is 0 Å². The van der Waals surface area contributed by atoms with E-state index in [1.54, 1.807) is 6.92 Å². The summed E-state index contributed by atoms with van der Waals surface area (Å²) in [7, 11) is 0. The molecule has 0 saturated carbocycles. The van der Waals surface area contributed by atoms with Crippen molar-refractivity contribution in [1.82, 2.24) is 10.3 Å². The third-order valence-corrected chi connectivity index (χ3v) is 2.60. The summed E-state index contributed by atoms with van der Waals surface area (Å²) in [6.45, 7) is 4.30. The zero-order valence-corrected chi connectivity index (χ0v) is 11.2. The summed E-state index contributed by atoms with van der Waals surface area (Å²) in [5, 5.41) is 3.03. The number of aromatic nitrogens is 1. The number of alkyl halides is 6. The van der Waals surface area contributed by atoms with Gasteiger partial charge in [-0.2, -0.15) is 26.3 Å². The largest absolute Gasteiger partial charge is 0.455 e. The van der Waals surface area contributed by atoms with Gasteiger partial charge in [-0.25, -0.2) is 4.98 Å². The number of rotatable bonds is 5. The van der Waals surface area contributed by atoms with Crippen molar-refractivity contribution in [2.45, 2.75) is 38.3 Å². The minimum Gasteiger partial charge on any atom is -0.455 e. The van der Waals surface area contributed by atoms with E-state index in [0.717, 1.165) is 6.07 Å². The maximum absolute atomic E-state index is 12.3. The highest BCUT2D eigenvalue weighted by molar-refractivity contribution is 5.20.